The van der Waals surface area contributed by atoms with Crippen LogP contribution in [0.5, 0.6) is 0 Å². The highest BCUT2D eigenvalue weighted by atomic mass is 16.5. The fourth-order valence-electron chi connectivity index (χ4n) is 2.99. The number of aromatic nitrogens is 1. The molecule has 3 heterocycles. The molecule has 7 heteroatoms. The van der Waals surface area contributed by atoms with Gasteiger partial charge in [-0.05, 0) is 38.5 Å². The number of Topliss-reactive ketones (excluding diaryl/α,β-unsaturated/α-hetero) is 1. The van der Waals surface area contributed by atoms with Crippen LogP contribution in [0.2, 0.25) is 0 Å². The number of rotatable bonds is 6. The van der Waals surface area contributed by atoms with Crippen LogP contribution in [0.4, 0.5) is 0 Å². The van der Waals surface area contributed by atoms with Crippen LogP contribution in [0.15, 0.2) is 28.9 Å². The maximum atomic E-state index is 12.4. The Morgan fingerprint density at radius 3 is 2.84 bits per heavy atom. The molecule has 0 radical (unpaired) electrons. The van der Waals surface area contributed by atoms with Crippen molar-refractivity contribution in [3.8, 4) is 0 Å². The second-order valence-corrected chi connectivity index (χ2v) is 6.14. The Morgan fingerprint density at radius 2 is 2.20 bits per heavy atom. The van der Waals surface area contributed by atoms with E-state index in [0.29, 0.717) is 24.9 Å². The van der Waals surface area contributed by atoms with Crippen molar-refractivity contribution in [1.82, 2.24) is 9.88 Å². The molecule has 0 saturated carbocycles. The van der Waals surface area contributed by atoms with Gasteiger partial charge >= 0.3 is 5.97 Å². The van der Waals surface area contributed by atoms with Gasteiger partial charge in [-0.1, -0.05) is 0 Å². The first kappa shape index (κ1) is 17.0. The van der Waals surface area contributed by atoms with Crippen LogP contribution in [0.1, 0.15) is 40.3 Å². The van der Waals surface area contributed by atoms with Gasteiger partial charge in [0.2, 0.25) is 11.7 Å². The zero-order valence-electron chi connectivity index (χ0n) is 14.2. The molecule has 1 aliphatic heterocycles. The summed E-state index contributed by atoms with van der Waals surface area (Å²) in [6.45, 7) is 3.96. The molecule has 0 spiro atoms. The van der Waals surface area contributed by atoms with E-state index in [9.17, 15) is 14.4 Å². The van der Waals surface area contributed by atoms with Gasteiger partial charge < -0.3 is 19.0 Å². The summed E-state index contributed by atoms with van der Waals surface area (Å²) in [5.74, 6) is -0.209. The van der Waals surface area contributed by atoms with E-state index in [-0.39, 0.29) is 18.3 Å². The molecule has 2 aromatic heterocycles. The van der Waals surface area contributed by atoms with Crippen molar-refractivity contribution < 1.29 is 23.5 Å². The highest BCUT2D eigenvalue weighted by Crippen LogP contribution is 2.18. The van der Waals surface area contributed by atoms with Gasteiger partial charge in [0.25, 0.3) is 0 Å². The minimum absolute atomic E-state index is 0.172. The molecule has 1 aliphatic rings. The van der Waals surface area contributed by atoms with Crippen LogP contribution in [0.25, 0.3) is 0 Å². The normalized spacial score (nSPS) is 16.7. The van der Waals surface area contributed by atoms with Gasteiger partial charge in [0.15, 0.2) is 6.61 Å². The molecular weight excluding hydrogens is 324 g/mol. The number of carbonyl (C=O) groups is 3. The summed E-state index contributed by atoms with van der Waals surface area (Å²) in [6, 6.07) is 4.83. The summed E-state index contributed by atoms with van der Waals surface area (Å²) in [4.78, 5) is 35.4. The first-order chi connectivity index (χ1) is 12.0. The number of furan rings is 1. The highest BCUT2D eigenvalue weighted by Gasteiger charge is 2.29. The summed E-state index contributed by atoms with van der Waals surface area (Å²) < 4.78 is 12.4. The summed E-state index contributed by atoms with van der Waals surface area (Å²) in [6.07, 6.45) is 2.32. The van der Waals surface area contributed by atoms with Gasteiger partial charge in [-0.2, -0.15) is 0 Å². The average molecular weight is 344 g/mol. The predicted molar refractivity (Wildman–Crippen MR) is 88.2 cm³/mol. The lowest BCUT2D eigenvalue weighted by Crippen LogP contribution is -2.35. The molecule has 0 aromatic carbocycles. The van der Waals surface area contributed by atoms with Crippen molar-refractivity contribution in [2.24, 2.45) is 0 Å². The van der Waals surface area contributed by atoms with E-state index in [1.165, 1.54) is 0 Å². The molecule has 7 nitrogen and oxygen atoms in total. The van der Waals surface area contributed by atoms with Crippen molar-refractivity contribution in [1.29, 1.82) is 0 Å². The van der Waals surface area contributed by atoms with E-state index >= 15 is 0 Å². The first-order valence-electron chi connectivity index (χ1n) is 8.14. The van der Waals surface area contributed by atoms with Gasteiger partial charge in [-0.25, -0.2) is 4.79 Å². The lowest BCUT2D eigenvalue weighted by molar-refractivity contribution is -0.145. The molecule has 3 rings (SSSR count). The largest absolute Gasteiger partial charge is 0.467 e. The number of aryl methyl sites for hydroxylation is 1. The Kier molecular flexibility index (Phi) is 4.74. The molecule has 2 aromatic rings. The lowest BCUT2D eigenvalue weighted by Gasteiger charge is -2.10. The van der Waals surface area contributed by atoms with E-state index in [2.05, 4.69) is 5.32 Å². The maximum absolute atomic E-state index is 12.4. The molecule has 132 valence electrons. The monoisotopic (exact) mass is 344 g/mol. The molecule has 25 heavy (non-hydrogen) atoms. The van der Waals surface area contributed by atoms with Crippen LogP contribution < -0.4 is 5.32 Å². The predicted octanol–water partition coefficient (Wildman–Crippen LogP) is 1.75. The summed E-state index contributed by atoms with van der Waals surface area (Å²) >= 11 is 0. The van der Waals surface area contributed by atoms with E-state index in [1.54, 1.807) is 12.3 Å². The average Bonchev–Trinajstić information content (AvgIpc) is 3.30. The van der Waals surface area contributed by atoms with E-state index in [0.717, 1.165) is 17.1 Å². The Balaban J connectivity index is 1.64. The number of nitrogens with one attached hydrogen (secondary N) is 1. The first-order valence-corrected chi connectivity index (χ1v) is 8.14. The maximum Gasteiger partial charge on any atom is 0.329 e. The number of carbonyl (C=O) groups excluding carboxylic acids is 3. The molecule has 1 saturated heterocycles. The quantitative estimate of drug-likeness (QED) is 0.637. The van der Waals surface area contributed by atoms with Crippen LogP contribution in [-0.2, 0) is 20.9 Å². The van der Waals surface area contributed by atoms with Crippen molar-refractivity contribution in [3.63, 3.8) is 0 Å². The molecule has 0 unspecified atom stereocenters. The zero-order valence-corrected chi connectivity index (χ0v) is 14.2. The molecule has 1 amide bonds. The fourth-order valence-corrected chi connectivity index (χ4v) is 2.99. The van der Waals surface area contributed by atoms with Crippen LogP contribution >= 0.6 is 0 Å². The van der Waals surface area contributed by atoms with Gasteiger partial charge in [0, 0.05) is 23.4 Å². The Bertz CT molecular complexity index is 804. The number of esters is 1. The second kappa shape index (κ2) is 6.96. The van der Waals surface area contributed by atoms with Crippen LogP contribution in [0, 0.1) is 13.8 Å². The van der Waals surface area contributed by atoms with Crippen molar-refractivity contribution in [3.05, 3.63) is 47.2 Å². The summed E-state index contributed by atoms with van der Waals surface area (Å²) in [5, 5.41) is 2.53. The number of nitrogens with zero attached hydrogens (tertiary/aromatic N) is 1. The Hall–Kier alpha value is -2.83. The minimum atomic E-state index is -0.647. The molecule has 1 N–H and O–H groups in total. The van der Waals surface area contributed by atoms with Gasteiger partial charge in [-0.3, -0.25) is 9.59 Å². The minimum Gasteiger partial charge on any atom is -0.467 e. The number of hydrogen-bond acceptors (Lipinski definition) is 5. The molecule has 0 bridgehead atoms. The second-order valence-electron chi connectivity index (χ2n) is 6.14. The highest BCUT2D eigenvalue weighted by molar-refractivity contribution is 5.99. The Morgan fingerprint density at radius 1 is 1.40 bits per heavy atom. The van der Waals surface area contributed by atoms with Crippen molar-refractivity contribution in [2.45, 2.75) is 39.3 Å². The van der Waals surface area contributed by atoms with E-state index in [1.807, 2.05) is 30.5 Å². The third-order valence-electron chi connectivity index (χ3n) is 4.39. The van der Waals surface area contributed by atoms with Gasteiger partial charge in [-0.15, -0.1) is 0 Å². The van der Waals surface area contributed by atoms with E-state index in [4.69, 9.17) is 9.15 Å². The van der Waals surface area contributed by atoms with Gasteiger partial charge in [0.05, 0.1) is 12.8 Å². The Labute approximate surface area is 144 Å². The van der Waals surface area contributed by atoms with E-state index < -0.39 is 12.0 Å². The third-order valence-corrected chi connectivity index (χ3v) is 4.39. The number of ether oxygens (including phenoxy) is 1. The fraction of sp³-hybridized carbons (Fsp3) is 0.389. The van der Waals surface area contributed by atoms with Gasteiger partial charge in [0.1, 0.15) is 11.8 Å². The zero-order chi connectivity index (χ0) is 18.0. The number of hydrogen-bond donors (Lipinski definition) is 1. The molecular formula is C18H20N2O5. The number of amides is 1. The SMILES string of the molecule is Cc1cc(C(=O)COC(=O)[C@H]2CCC(=O)N2)c(C)n1Cc1ccco1. The lowest BCUT2D eigenvalue weighted by atomic mass is 10.1. The third kappa shape index (κ3) is 3.65. The number of ketones is 1. The standard InChI is InChI=1S/C18H20N2O5/c1-11-8-14(12(2)20(11)9-13-4-3-7-24-13)16(21)10-25-18(23)15-5-6-17(22)19-15/h3-4,7-8,15H,5-6,9-10H2,1-2H3,(H,19,22)/t15-/m1/s1. The topological polar surface area (TPSA) is 90.5 Å². The van der Waals surface area contributed by atoms with Crippen LogP contribution in [0.3, 0.4) is 0 Å². The molecule has 1 fully saturated rings. The molecule has 1 atom stereocenters. The van der Waals surface area contributed by atoms with Crippen molar-refractivity contribution in [2.75, 3.05) is 6.61 Å². The van der Waals surface area contributed by atoms with Crippen molar-refractivity contribution >= 4 is 17.7 Å². The molecule has 0 aliphatic carbocycles. The smallest absolute Gasteiger partial charge is 0.329 e. The van der Waals surface area contributed by atoms with Crippen LogP contribution in [-0.4, -0.2) is 34.9 Å². The summed E-state index contributed by atoms with van der Waals surface area (Å²) in [5.41, 5.74) is 2.24. The summed E-state index contributed by atoms with van der Waals surface area (Å²) in [7, 11) is 0.